The summed E-state index contributed by atoms with van der Waals surface area (Å²) in [5.41, 5.74) is 5.09. The molecular weight excluding hydrogens is 665 g/mol. The molecule has 6 rings (SSSR count). The second kappa shape index (κ2) is 13.7. The third-order valence-electron chi connectivity index (χ3n) is 7.13. The maximum absolute atomic E-state index is 15.9. The number of anilines is 1. The van der Waals surface area contributed by atoms with Crippen LogP contribution in [0.2, 0.25) is 5.02 Å². The molecule has 0 saturated carbocycles. The van der Waals surface area contributed by atoms with E-state index in [1.54, 1.807) is 42.7 Å². The van der Waals surface area contributed by atoms with Gasteiger partial charge in [0, 0.05) is 28.8 Å². The van der Waals surface area contributed by atoms with Gasteiger partial charge in [0.15, 0.2) is 0 Å². The Bertz CT molecular complexity index is 2120. The molecule has 0 unspecified atom stereocenters. The SMILES string of the molecule is COc1ccc(CN(c2nncs2)S(=O)(=O)c2cc(Cl)c(Oc3ccc(-c4ccccc4)cc3-c3ccnnc3)cc2F)c(OC)c1. The average Bonchev–Trinajstić information content (AvgIpc) is 3.64. The molecule has 10 nitrogen and oxygen atoms in total. The molecule has 2 aromatic heterocycles. The Morgan fingerprint density at radius 1 is 0.830 bits per heavy atom. The van der Waals surface area contributed by atoms with Gasteiger partial charge >= 0.3 is 0 Å². The lowest BCUT2D eigenvalue weighted by atomic mass is 9.99. The molecule has 14 heteroatoms. The normalized spacial score (nSPS) is 11.2. The van der Waals surface area contributed by atoms with Gasteiger partial charge in [-0.05, 0) is 47.5 Å². The zero-order valence-electron chi connectivity index (χ0n) is 24.9. The lowest BCUT2D eigenvalue weighted by molar-refractivity contribution is 0.391. The van der Waals surface area contributed by atoms with Crippen molar-refractivity contribution in [2.75, 3.05) is 18.5 Å². The van der Waals surface area contributed by atoms with Crippen molar-refractivity contribution in [3.05, 3.63) is 119 Å². The molecule has 0 atom stereocenters. The van der Waals surface area contributed by atoms with Crippen molar-refractivity contribution in [2.24, 2.45) is 0 Å². The average molecular weight is 690 g/mol. The third-order valence-corrected chi connectivity index (χ3v) is 10.0. The molecule has 0 bridgehead atoms. The first-order valence-corrected chi connectivity index (χ1v) is 16.6. The maximum atomic E-state index is 15.9. The molecule has 4 aromatic carbocycles. The number of methoxy groups -OCH3 is 2. The van der Waals surface area contributed by atoms with Crippen LogP contribution in [-0.4, -0.2) is 43.0 Å². The summed E-state index contributed by atoms with van der Waals surface area (Å²) in [5, 5.41) is 15.5. The number of hydrogen-bond acceptors (Lipinski definition) is 10. The van der Waals surface area contributed by atoms with Crippen LogP contribution in [0.3, 0.4) is 0 Å². The molecule has 238 valence electrons. The number of sulfonamides is 1. The van der Waals surface area contributed by atoms with E-state index < -0.39 is 20.7 Å². The fraction of sp³-hybridized carbons (Fsp3) is 0.0909. The highest BCUT2D eigenvalue weighted by Crippen LogP contribution is 2.41. The van der Waals surface area contributed by atoms with Crippen LogP contribution in [0, 0.1) is 5.82 Å². The Morgan fingerprint density at radius 3 is 2.36 bits per heavy atom. The van der Waals surface area contributed by atoms with Crippen molar-refractivity contribution in [3.8, 4) is 45.3 Å². The van der Waals surface area contributed by atoms with Crippen molar-refractivity contribution in [1.29, 1.82) is 0 Å². The quantitative estimate of drug-likeness (QED) is 0.135. The largest absolute Gasteiger partial charge is 0.497 e. The molecular formula is C33H25ClFN5O5S2. The molecule has 0 saturated heterocycles. The van der Waals surface area contributed by atoms with Gasteiger partial charge in [-0.25, -0.2) is 17.1 Å². The number of rotatable bonds is 11. The van der Waals surface area contributed by atoms with Gasteiger partial charge in [-0.2, -0.15) is 10.2 Å². The minimum Gasteiger partial charge on any atom is -0.497 e. The Labute approximate surface area is 279 Å². The molecule has 0 radical (unpaired) electrons. The number of hydrogen-bond donors (Lipinski definition) is 0. The minimum absolute atomic E-state index is 0.0211. The van der Waals surface area contributed by atoms with Crippen LogP contribution < -0.4 is 18.5 Å². The summed E-state index contributed by atoms with van der Waals surface area (Å²) in [6.07, 6.45) is 3.13. The highest BCUT2D eigenvalue weighted by molar-refractivity contribution is 7.93. The standard InChI is InChI=1S/C33H25ClFN5O5S2/c1-43-25-10-8-24(30(15-25)44-2)19-40(33-39-38-20-46-33)47(41,42)32-16-27(34)31(17-28(32)35)45-29-11-9-22(21-6-4-3-5-7-21)14-26(29)23-12-13-36-37-18-23/h3-18,20H,19H2,1-2H3. The maximum Gasteiger partial charge on any atom is 0.269 e. The van der Waals surface area contributed by atoms with E-state index in [2.05, 4.69) is 20.4 Å². The molecule has 47 heavy (non-hydrogen) atoms. The van der Waals surface area contributed by atoms with Gasteiger partial charge in [-0.3, -0.25) is 0 Å². The summed E-state index contributed by atoms with van der Waals surface area (Å²) in [5.74, 6) is 0.0700. The van der Waals surface area contributed by atoms with E-state index in [4.69, 9.17) is 25.8 Å². The lowest BCUT2D eigenvalue weighted by Crippen LogP contribution is -2.31. The van der Waals surface area contributed by atoms with Gasteiger partial charge in [0.05, 0.1) is 38.2 Å². The Morgan fingerprint density at radius 2 is 1.66 bits per heavy atom. The fourth-order valence-corrected chi connectivity index (χ4v) is 7.31. The van der Waals surface area contributed by atoms with E-state index in [-0.39, 0.29) is 22.4 Å². The first kappa shape index (κ1) is 31.9. The zero-order valence-corrected chi connectivity index (χ0v) is 27.3. The Hall–Kier alpha value is -5.11. The van der Waals surface area contributed by atoms with Crippen LogP contribution in [0.1, 0.15) is 5.56 Å². The topological polar surface area (TPSA) is 117 Å². The predicted octanol–water partition coefficient (Wildman–Crippen LogP) is 7.66. The second-order valence-corrected chi connectivity index (χ2v) is 13.0. The summed E-state index contributed by atoms with van der Waals surface area (Å²) in [7, 11) is -1.62. The van der Waals surface area contributed by atoms with Gasteiger partial charge in [-0.15, -0.1) is 10.2 Å². The summed E-state index contributed by atoms with van der Waals surface area (Å²) in [4.78, 5) is -0.671. The monoisotopic (exact) mass is 689 g/mol. The molecule has 0 fully saturated rings. The van der Waals surface area contributed by atoms with Crippen molar-refractivity contribution in [2.45, 2.75) is 11.4 Å². The second-order valence-electron chi connectivity index (χ2n) is 9.93. The molecule has 0 spiro atoms. The van der Waals surface area contributed by atoms with Crippen LogP contribution in [0.15, 0.2) is 108 Å². The van der Waals surface area contributed by atoms with E-state index in [0.717, 1.165) is 38.9 Å². The van der Waals surface area contributed by atoms with Crippen LogP contribution in [-0.2, 0) is 16.6 Å². The van der Waals surface area contributed by atoms with Crippen LogP contribution in [0.4, 0.5) is 9.52 Å². The fourth-order valence-electron chi connectivity index (χ4n) is 4.80. The Balaban J connectivity index is 1.37. The van der Waals surface area contributed by atoms with Gasteiger partial charge in [-0.1, -0.05) is 59.3 Å². The van der Waals surface area contributed by atoms with E-state index in [1.165, 1.54) is 19.7 Å². The highest BCUT2D eigenvalue weighted by Gasteiger charge is 2.32. The van der Waals surface area contributed by atoms with Crippen molar-refractivity contribution in [3.63, 3.8) is 0 Å². The summed E-state index contributed by atoms with van der Waals surface area (Å²) >= 11 is 7.57. The van der Waals surface area contributed by atoms with Crippen molar-refractivity contribution >= 4 is 38.1 Å². The lowest BCUT2D eigenvalue weighted by Gasteiger charge is -2.23. The molecule has 0 amide bonds. The van der Waals surface area contributed by atoms with E-state index in [1.807, 2.05) is 42.5 Å². The minimum atomic E-state index is -4.57. The molecule has 0 aliphatic heterocycles. The Kier molecular flexibility index (Phi) is 9.29. The highest BCUT2D eigenvalue weighted by atomic mass is 35.5. The first-order chi connectivity index (χ1) is 22.8. The molecule has 0 aliphatic rings. The predicted molar refractivity (Wildman–Crippen MR) is 177 cm³/mol. The first-order valence-electron chi connectivity index (χ1n) is 13.9. The van der Waals surface area contributed by atoms with E-state index >= 15 is 4.39 Å². The summed E-state index contributed by atoms with van der Waals surface area (Å²) in [6.45, 7) is -0.239. The van der Waals surface area contributed by atoms with E-state index in [0.29, 0.717) is 33.9 Å². The van der Waals surface area contributed by atoms with Crippen LogP contribution >= 0.6 is 22.9 Å². The third kappa shape index (κ3) is 6.73. The van der Waals surface area contributed by atoms with Crippen molar-refractivity contribution in [1.82, 2.24) is 20.4 Å². The van der Waals surface area contributed by atoms with Crippen molar-refractivity contribution < 1.29 is 27.0 Å². The van der Waals surface area contributed by atoms with Gasteiger partial charge < -0.3 is 14.2 Å². The van der Waals surface area contributed by atoms with Gasteiger partial charge in [0.1, 0.15) is 39.2 Å². The number of nitrogens with zero attached hydrogens (tertiary/aromatic N) is 5. The summed E-state index contributed by atoms with van der Waals surface area (Å²) < 4.78 is 61.8. The zero-order chi connectivity index (χ0) is 33.0. The molecule has 0 aliphatic carbocycles. The van der Waals surface area contributed by atoms with Gasteiger partial charge in [0.25, 0.3) is 10.0 Å². The van der Waals surface area contributed by atoms with Gasteiger partial charge in [0.2, 0.25) is 5.13 Å². The number of halogens is 2. The van der Waals surface area contributed by atoms with E-state index in [9.17, 15) is 8.42 Å². The van der Waals surface area contributed by atoms with Crippen LogP contribution in [0.25, 0.3) is 22.3 Å². The molecule has 0 N–H and O–H groups in total. The molecule has 2 heterocycles. The smallest absolute Gasteiger partial charge is 0.269 e. The molecule has 6 aromatic rings. The number of aromatic nitrogens is 4. The van der Waals surface area contributed by atoms with Crippen LogP contribution in [0.5, 0.6) is 23.0 Å². The number of ether oxygens (including phenoxy) is 3. The number of benzene rings is 4. The summed E-state index contributed by atoms with van der Waals surface area (Å²) in [6, 6.07) is 23.9.